The first kappa shape index (κ1) is 14.8. The first-order valence-corrected chi connectivity index (χ1v) is 7.88. The number of Topliss-reactive ketones (excluding diaryl/α,β-unsaturated/α-hetero) is 1. The number of ether oxygens (including phenoxy) is 1. The van der Waals surface area contributed by atoms with E-state index in [1.165, 1.54) is 7.11 Å². The summed E-state index contributed by atoms with van der Waals surface area (Å²) in [5.74, 6) is -0.872. The topological polar surface area (TPSA) is 60.9 Å². The van der Waals surface area contributed by atoms with Crippen molar-refractivity contribution in [1.29, 1.82) is 0 Å². The van der Waals surface area contributed by atoms with Crippen LogP contribution in [0.15, 0.2) is 47.2 Å². The molecule has 0 aliphatic heterocycles. The fourth-order valence-electron chi connectivity index (χ4n) is 3.79. The number of hydrogen-bond donors (Lipinski definition) is 0. The maximum atomic E-state index is 13.0. The van der Waals surface area contributed by atoms with Gasteiger partial charge in [-0.05, 0) is 48.7 Å². The zero-order valence-corrected chi connectivity index (χ0v) is 13.5. The molecule has 5 nitrogen and oxygen atoms in total. The highest BCUT2D eigenvalue weighted by atomic mass is 16.5. The number of carbonyl (C=O) groups excluding carboxylic acids is 2. The Kier molecular flexibility index (Phi) is 3.30. The molecule has 0 amide bonds. The van der Waals surface area contributed by atoms with Crippen LogP contribution in [0.1, 0.15) is 39.7 Å². The van der Waals surface area contributed by atoms with Crippen molar-refractivity contribution < 1.29 is 18.7 Å². The van der Waals surface area contributed by atoms with Crippen molar-refractivity contribution in [2.24, 2.45) is 5.92 Å². The molecule has 0 saturated heterocycles. The van der Waals surface area contributed by atoms with Crippen LogP contribution in [0.2, 0.25) is 0 Å². The molecule has 0 unspecified atom stereocenters. The maximum absolute atomic E-state index is 13.0. The normalized spacial score (nSPS) is 20.2. The lowest BCUT2D eigenvalue weighted by Crippen LogP contribution is -2.33. The summed E-state index contributed by atoms with van der Waals surface area (Å²) in [4.78, 5) is 25.2. The summed E-state index contributed by atoms with van der Waals surface area (Å²) >= 11 is 0. The molecule has 0 saturated carbocycles. The summed E-state index contributed by atoms with van der Waals surface area (Å²) in [6, 6.07) is 9.51. The van der Waals surface area contributed by atoms with Crippen molar-refractivity contribution in [3.05, 3.63) is 65.4 Å². The Morgan fingerprint density at radius 1 is 1.29 bits per heavy atom. The molecule has 5 heteroatoms. The largest absolute Gasteiger partial charge is 0.469 e. The van der Waals surface area contributed by atoms with Gasteiger partial charge in [0.1, 0.15) is 11.7 Å². The summed E-state index contributed by atoms with van der Waals surface area (Å²) < 4.78 is 12.3. The molecular weight excluding hydrogens is 306 g/mol. The molecule has 0 bridgehead atoms. The molecule has 0 N–H and O–H groups in total. The minimum Gasteiger partial charge on any atom is -0.469 e. The second kappa shape index (κ2) is 5.37. The summed E-state index contributed by atoms with van der Waals surface area (Å²) in [6.07, 6.45) is 3.84. The number of hydrogen-bond acceptors (Lipinski definition) is 4. The van der Waals surface area contributed by atoms with E-state index in [2.05, 4.69) is 0 Å². The first-order chi connectivity index (χ1) is 11.6. The van der Waals surface area contributed by atoms with Gasteiger partial charge in [-0.25, -0.2) is 0 Å². The fraction of sp³-hybridized carbons (Fsp3) is 0.263. The number of fused-ring (bicyclic) bond motifs is 3. The smallest absolute Gasteiger partial charge is 0.316 e. The number of ketones is 1. The van der Waals surface area contributed by atoms with E-state index >= 15 is 0 Å². The average molecular weight is 323 g/mol. The number of pyridine rings is 1. The Labute approximate surface area is 138 Å². The van der Waals surface area contributed by atoms with Crippen LogP contribution >= 0.6 is 0 Å². The molecule has 1 aliphatic rings. The van der Waals surface area contributed by atoms with Gasteiger partial charge >= 0.3 is 5.97 Å². The van der Waals surface area contributed by atoms with Crippen molar-refractivity contribution in [3.63, 3.8) is 0 Å². The van der Waals surface area contributed by atoms with Gasteiger partial charge in [0.25, 0.3) is 0 Å². The Hall–Kier alpha value is -2.82. The number of carbonyl (C=O) groups is 2. The SMILES string of the molecule is COC(=O)[C@H]1C[C@H](c2ccco2)c2c(C)c3ccccn3c2C1=O. The monoisotopic (exact) mass is 323 g/mol. The predicted octanol–water partition coefficient (Wildman–Crippen LogP) is 3.35. The van der Waals surface area contributed by atoms with E-state index in [0.29, 0.717) is 12.1 Å². The third-order valence-electron chi connectivity index (χ3n) is 4.89. The molecule has 24 heavy (non-hydrogen) atoms. The molecular formula is C19H17NO4. The molecule has 3 aromatic heterocycles. The summed E-state index contributed by atoms with van der Waals surface area (Å²) in [5, 5.41) is 0. The van der Waals surface area contributed by atoms with E-state index in [-0.39, 0.29) is 11.7 Å². The number of esters is 1. The summed E-state index contributed by atoms with van der Waals surface area (Å²) in [5.41, 5.74) is 3.52. The minimum atomic E-state index is -0.810. The zero-order valence-electron chi connectivity index (χ0n) is 13.5. The van der Waals surface area contributed by atoms with Crippen LogP contribution in [-0.2, 0) is 9.53 Å². The van der Waals surface area contributed by atoms with Crippen LogP contribution in [0.3, 0.4) is 0 Å². The van der Waals surface area contributed by atoms with E-state index in [4.69, 9.17) is 9.15 Å². The van der Waals surface area contributed by atoms with E-state index in [1.54, 1.807) is 6.26 Å². The van der Waals surface area contributed by atoms with Crippen molar-refractivity contribution >= 4 is 17.3 Å². The highest BCUT2D eigenvalue weighted by molar-refractivity contribution is 6.11. The lowest BCUT2D eigenvalue weighted by atomic mass is 9.76. The van der Waals surface area contributed by atoms with Gasteiger partial charge in [-0.2, -0.15) is 0 Å². The van der Waals surface area contributed by atoms with Gasteiger partial charge in [0.05, 0.1) is 19.1 Å². The van der Waals surface area contributed by atoms with Crippen LogP contribution in [0.25, 0.3) is 5.52 Å². The fourth-order valence-corrected chi connectivity index (χ4v) is 3.79. The number of nitrogens with zero attached hydrogens (tertiary/aromatic N) is 1. The van der Waals surface area contributed by atoms with Gasteiger partial charge < -0.3 is 13.6 Å². The molecule has 4 rings (SSSR count). The van der Waals surface area contributed by atoms with E-state index < -0.39 is 11.9 Å². The van der Waals surface area contributed by atoms with Crippen LogP contribution in [-0.4, -0.2) is 23.3 Å². The molecule has 0 spiro atoms. The van der Waals surface area contributed by atoms with Crippen molar-refractivity contribution in [1.82, 2.24) is 4.40 Å². The molecule has 1 aliphatic carbocycles. The second-order valence-electron chi connectivity index (χ2n) is 6.09. The van der Waals surface area contributed by atoms with Crippen LogP contribution in [0.5, 0.6) is 0 Å². The van der Waals surface area contributed by atoms with E-state index in [0.717, 1.165) is 22.4 Å². The van der Waals surface area contributed by atoms with Crippen molar-refractivity contribution in [3.8, 4) is 0 Å². The van der Waals surface area contributed by atoms with E-state index in [1.807, 2.05) is 47.9 Å². The van der Waals surface area contributed by atoms with Crippen LogP contribution in [0.4, 0.5) is 0 Å². The standard InChI is InChI=1S/C19H17NO4/c1-11-14-6-3-4-8-20(14)17-16(11)12(15-7-5-9-24-15)10-13(18(17)21)19(22)23-2/h3-9,12-13H,10H2,1-2H3/t12-,13+/m1/s1. The lowest BCUT2D eigenvalue weighted by molar-refractivity contribution is -0.144. The van der Waals surface area contributed by atoms with Crippen molar-refractivity contribution in [2.75, 3.05) is 7.11 Å². The molecule has 2 atom stereocenters. The molecule has 122 valence electrons. The summed E-state index contributed by atoms with van der Waals surface area (Å²) in [7, 11) is 1.31. The average Bonchev–Trinajstić information content (AvgIpc) is 3.23. The minimum absolute atomic E-state index is 0.142. The molecule has 0 radical (unpaired) electrons. The molecule has 0 fully saturated rings. The highest BCUT2D eigenvalue weighted by Gasteiger charge is 2.43. The Bertz CT molecular complexity index is 936. The number of furan rings is 1. The number of rotatable bonds is 2. The Morgan fingerprint density at radius 3 is 2.83 bits per heavy atom. The van der Waals surface area contributed by atoms with Gasteiger partial charge in [0, 0.05) is 17.6 Å². The van der Waals surface area contributed by atoms with Gasteiger partial charge in [-0.1, -0.05) is 6.07 Å². The van der Waals surface area contributed by atoms with Crippen LogP contribution in [0, 0.1) is 12.8 Å². The van der Waals surface area contributed by atoms with Gasteiger partial charge in [0.2, 0.25) is 0 Å². The number of methoxy groups -OCH3 is 1. The summed E-state index contributed by atoms with van der Waals surface area (Å²) in [6.45, 7) is 2.01. The molecule has 3 aromatic rings. The Balaban J connectivity index is 2.01. The number of aryl methyl sites for hydroxylation is 1. The maximum Gasteiger partial charge on any atom is 0.316 e. The predicted molar refractivity (Wildman–Crippen MR) is 87.1 cm³/mol. The highest BCUT2D eigenvalue weighted by Crippen LogP contribution is 2.43. The molecule has 0 aromatic carbocycles. The van der Waals surface area contributed by atoms with Gasteiger partial charge in [-0.15, -0.1) is 0 Å². The van der Waals surface area contributed by atoms with E-state index in [9.17, 15) is 9.59 Å². The van der Waals surface area contributed by atoms with Crippen LogP contribution < -0.4 is 0 Å². The van der Waals surface area contributed by atoms with Crippen molar-refractivity contribution in [2.45, 2.75) is 19.3 Å². The molecule has 3 heterocycles. The first-order valence-electron chi connectivity index (χ1n) is 7.88. The van der Waals surface area contributed by atoms with Gasteiger partial charge in [-0.3, -0.25) is 9.59 Å². The third kappa shape index (κ3) is 1.94. The Morgan fingerprint density at radius 2 is 2.12 bits per heavy atom. The second-order valence-corrected chi connectivity index (χ2v) is 6.09. The van der Waals surface area contributed by atoms with Gasteiger partial charge in [0.15, 0.2) is 5.78 Å². The zero-order chi connectivity index (χ0) is 16.8. The third-order valence-corrected chi connectivity index (χ3v) is 4.89. The number of aromatic nitrogens is 1. The lowest BCUT2D eigenvalue weighted by Gasteiger charge is -2.26. The quantitative estimate of drug-likeness (QED) is 0.536.